The molecule has 13 heavy (non-hydrogen) atoms. The summed E-state index contributed by atoms with van der Waals surface area (Å²) < 4.78 is 0. The number of thioether (sulfide) groups is 1. The highest BCUT2D eigenvalue weighted by molar-refractivity contribution is 8.00. The maximum absolute atomic E-state index is 5.72. The molecule has 1 unspecified atom stereocenters. The van der Waals surface area contributed by atoms with Gasteiger partial charge in [-0.05, 0) is 29.9 Å². The topological polar surface area (TPSA) is 26.0 Å². The third-order valence-electron chi connectivity index (χ3n) is 1.86. The zero-order chi connectivity index (χ0) is 9.84. The molecule has 0 radical (unpaired) electrons. The molecule has 0 aliphatic heterocycles. The van der Waals surface area contributed by atoms with Crippen molar-refractivity contribution < 1.29 is 0 Å². The average molecular weight is 195 g/mol. The Morgan fingerprint density at radius 2 is 1.92 bits per heavy atom. The number of anilines is 1. The Morgan fingerprint density at radius 1 is 1.23 bits per heavy atom. The van der Waals surface area contributed by atoms with Gasteiger partial charge in [-0.3, -0.25) is 0 Å². The Balaban J connectivity index is 2.71. The first-order valence-corrected chi connectivity index (χ1v) is 5.54. The maximum Gasteiger partial charge on any atom is 0.0317 e. The monoisotopic (exact) mass is 195 g/mol. The minimum atomic E-state index is 0.531. The third-order valence-corrected chi connectivity index (χ3v) is 3.08. The minimum Gasteiger partial charge on any atom is -0.399 e. The predicted octanol–water partition coefficient (Wildman–Crippen LogP) is 3.47. The zero-order valence-electron chi connectivity index (χ0n) is 8.45. The van der Waals surface area contributed by atoms with Gasteiger partial charge in [-0.2, -0.15) is 11.8 Å². The quantitative estimate of drug-likeness (QED) is 0.747. The van der Waals surface area contributed by atoms with Crippen LogP contribution in [0.1, 0.15) is 31.6 Å². The lowest BCUT2D eigenvalue weighted by molar-refractivity contribution is 1.04. The molecule has 0 aromatic heterocycles. The van der Waals surface area contributed by atoms with Crippen LogP contribution in [0.5, 0.6) is 0 Å². The Labute approximate surface area is 84.7 Å². The summed E-state index contributed by atoms with van der Waals surface area (Å²) in [5.41, 5.74) is 7.89. The fourth-order valence-corrected chi connectivity index (χ4v) is 2.42. The van der Waals surface area contributed by atoms with Gasteiger partial charge in [-0.15, -0.1) is 0 Å². The molecule has 1 aromatic carbocycles. The Kier molecular flexibility index (Phi) is 3.67. The van der Waals surface area contributed by atoms with Crippen molar-refractivity contribution in [3.05, 3.63) is 29.8 Å². The summed E-state index contributed by atoms with van der Waals surface area (Å²) in [6.07, 6.45) is 0. The molecule has 2 N–H and O–H groups in total. The molecular formula is C11H17NS. The summed E-state index contributed by atoms with van der Waals surface area (Å²) >= 11 is 1.96. The van der Waals surface area contributed by atoms with E-state index in [9.17, 15) is 0 Å². The van der Waals surface area contributed by atoms with E-state index in [2.05, 4.69) is 32.9 Å². The fraction of sp³-hybridized carbons (Fsp3) is 0.455. The number of hydrogen-bond donors (Lipinski definition) is 1. The largest absolute Gasteiger partial charge is 0.399 e. The molecule has 0 saturated carbocycles. The number of benzene rings is 1. The van der Waals surface area contributed by atoms with Crippen LogP contribution in [-0.2, 0) is 0 Å². The molecule has 0 fully saturated rings. The van der Waals surface area contributed by atoms with E-state index in [0.29, 0.717) is 10.5 Å². The van der Waals surface area contributed by atoms with Crippen molar-refractivity contribution in [1.29, 1.82) is 0 Å². The number of nitrogen functional groups attached to an aromatic ring is 1. The van der Waals surface area contributed by atoms with Crippen molar-refractivity contribution in [1.82, 2.24) is 0 Å². The van der Waals surface area contributed by atoms with Gasteiger partial charge in [0.1, 0.15) is 0 Å². The van der Waals surface area contributed by atoms with E-state index in [4.69, 9.17) is 5.73 Å². The summed E-state index contributed by atoms with van der Waals surface area (Å²) in [5.74, 6) is 0. The highest BCUT2D eigenvalue weighted by atomic mass is 32.2. The molecule has 1 nitrogen and oxygen atoms in total. The highest BCUT2D eigenvalue weighted by Crippen LogP contribution is 2.31. The van der Waals surface area contributed by atoms with Gasteiger partial charge in [0.15, 0.2) is 0 Å². The van der Waals surface area contributed by atoms with Crippen LogP contribution < -0.4 is 5.73 Å². The second-order valence-electron chi connectivity index (χ2n) is 3.50. The van der Waals surface area contributed by atoms with Crippen LogP contribution in [-0.4, -0.2) is 5.25 Å². The average Bonchev–Trinajstić information content (AvgIpc) is 2.03. The molecule has 1 atom stereocenters. The molecule has 72 valence electrons. The van der Waals surface area contributed by atoms with E-state index in [-0.39, 0.29) is 0 Å². The van der Waals surface area contributed by atoms with E-state index < -0.39 is 0 Å². The van der Waals surface area contributed by atoms with Crippen molar-refractivity contribution in [3.63, 3.8) is 0 Å². The van der Waals surface area contributed by atoms with Gasteiger partial charge in [-0.1, -0.05) is 26.0 Å². The Bertz CT molecular complexity index is 271. The molecule has 0 spiro atoms. The summed E-state index contributed by atoms with van der Waals surface area (Å²) in [4.78, 5) is 0. The van der Waals surface area contributed by atoms with Crippen molar-refractivity contribution in [2.75, 3.05) is 5.73 Å². The van der Waals surface area contributed by atoms with Gasteiger partial charge in [0.25, 0.3) is 0 Å². The second kappa shape index (κ2) is 4.56. The first-order chi connectivity index (χ1) is 6.09. The van der Waals surface area contributed by atoms with Crippen molar-refractivity contribution in [2.45, 2.75) is 31.3 Å². The Hall–Kier alpha value is -0.630. The van der Waals surface area contributed by atoms with Crippen molar-refractivity contribution >= 4 is 17.4 Å². The van der Waals surface area contributed by atoms with Gasteiger partial charge in [-0.25, -0.2) is 0 Å². The van der Waals surface area contributed by atoms with Crippen LogP contribution in [0.3, 0.4) is 0 Å². The maximum atomic E-state index is 5.72. The van der Waals surface area contributed by atoms with Crippen LogP contribution in [0.2, 0.25) is 0 Å². The van der Waals surface area contributed by atoms with Gasteiger partial charge in [0.2, 0.25) is 0 Å². The van der Waals surface area contributed by atoms with Gasteiger partial charge < -0.3 is 5.73 Å². The summed E-state index contributed by atoms with van der Waals surface area (Å²) in [6, 6.07) is 8.13. The van der Waals surface area contributed by atoms with Crippen molar-refractivity contribution in [3.8, 4) is 0 Å². The van der Waals surface area contributed by atoms with E-state index in [1.807, 2.05) is 23.9 Å². The summed E-state index contributed by atoms with van der Waals surface area (Å²) in [6.45, 7) is 6.65. The molecular weight excluding hydrogens is 178 g/mol. The molecule has 1 aromatic rings. The van der Waals surface area contributed by atoms with Gasteiger partial charge >= 0.3 is 0 Å². The van der Waals surface area contributed by atoms with Crippen LogP contribution in [0.15, 0.2) is 24.3 Å². The predicted molar refractivity (Wildman–Crippen MR) is 62.0 cm³/mol. The number of rotatable bonds is 3. The molecule has 0 aliphatic carbocycles. The van der Waals surface area contributed by atoms with Crippen LogP contribution in [0, 0.1) is 0 Å². The standard InChI is InChI=1S/C11H17NS/c1-8(2)13-9(3)10-5-4-6-11(12)7-10/h4-9H,12H2,1-3H3. The lowest BCUT2D eigenvalue weighted by Gasteiger charge is -2.14. The van der Waals surface area contributed by atoms with E-state index in [0.717, 1.165) is 5.69 Å². The van der Waals surface area contributed by atoms with Crippen LogP contribution in [0.25, 0.3) is 0 Å². The summed E-state index contributed by atoms with van der Waals surface area (Å²) in [7, 11) is 0. The molecule has 2 heteroatoms. The lowest BCUT2D eigenvalue weighted by atomic mass is 10.1. The lowest BCUT2D eigenvalue weighted by Crippen LogP contribution is -1.95. The van der Waals surface area contributed by atoms with Gasteiger partial charge in [0, 0.05) is 10.9 Å². The highest BCUT2D eigenvalue weighted by Gasteiger charge is 2.07. The second-order valence-corrected chi connectivity index (χ2v) is 5.42. The third kappa shape index (κ3) is 3.31. The molecule has 0 amide bonds. The SMILES string of the molecule is CC(C)SC(C)c1cccc(N)c1. The molecule has 0 heterocycles. The molecule has 1 rings (SSSR count). The normalized spacial score (nSPS) is 13.2. The zero-order valence-corrected chi connectivity index (χ0v) is 9.27. The van der Waals surface area contributed by atoms with E-state index in [1.165, 1.54) is 5.56 Å². The van der Waals surface area contributed by atoms with E-state index >= 15 is 0 Å². The fourth-order valence-electron chi connectivity index (χ4n) is 1.30. The molecule has 0 aliphatic rings. The summed E-state index contributed by atoms with van der Waals surface area (Å²) in [5, 5.41) is 1.19. The Morgan fingerprint density at radius 3 is 2.46 bits per heavy atom. The molecule has 0 bridgehead atoms. The first-order valence-electron chi connectivity index (χ1n) is 4.60. The van der Waals surface area contributed by atoms with Crippen LogP contribution >= 0.6 is 11.8 Å². The van der Waals surface area contributed by atoms with E-state index in [1.54, 1.807) is 0 Å². The number of nitrogens with two attached hydrogens (primary N) is 1. The van der Waals surface area contributed by atoms with Crippen LogP contribution in [0.4, 0.5) is 5.69 Å². The van der Waals surface area contributed by atoms with Crippen molar-refractivity contribution in [2.24, 2.45) is 0 Å². The number of hydrogen-bond acceptors (Lipinski definition) is 2. The smallest absolute Gasteiger partial charge is 0.0317 e. The first kappa shape index (κ1) is 10.5. The minimum absolute atomic E-state index is 0.531. The molecule has 0 saturated heterocycles. The van der Waals surface area contributed by atoms with Gasteiger partial charge in [0.05, 0.1) is 0 Å².